The van der Waals surface area contributed by atoms with E-state index in [1.54, 1.807) is 4.90 Å². The highest BCUT2D eigenvalue weighted by Crippen LogP contribution is 2.27. The number of Topliss-reactive ketones (excluding diaryl/α,β-unsaturated/α-hetero) is 1. The van der Waals surface area contributed by atoms with E-state index in [2.05, 4.69) is 15.9 Å². The highest BCUT2D eigenvalue weighted by Gasteiger charge is 2.18. The molecule has 0 bridgehead atoms. The SMILES string of the molecule is CCN(CC)C(=O)COc1c(F)cc(Br)cc1C(C)=O. The third-order valence-electron chi connectivity index (χ3n) is 2.84. The number of rotatable bonds is 6. The van der Waals surface area contributed by atoms with E-state index in [1.807, 2.05) is 13.8 Å². The molecule has 0 unspecified atom stereocenters. The van der Waals surface area contributed by atoms with Crippen molar-refractivity contribution in [3.05, 3.63) is 28.0 Å². The summed E-state index contributed by atoms with van der Waals surface area (Å²) in [6.45, 7) is 5.84. The second kappa shape index (κ2) is 7.38. The van der Waals surface area contributed by atoms with Crippen molar-refractivity contribution in [1.29, 1.82) is 0 Å². The van der Waals surface area contributed by atoms with Crippen LogP contribution in [-0.4, -0.2) is 36.3 Å². The van der Waals surface area contributed by atoms with Crippen LogP contribution in [0.25, 0.3) is 0 Å². The quantitative estimate of drug-likeness (QED) is 0.744. The number of carbonyl (C=O) groups excluding carboxylic acids is 2. The highest BCUT2D eigenvalue weighted by molar-refractivity contribution is 9.10. The fourth-order valence-electron chi connectivity index (χ4n) is 1.77. The molecule has 0 aliphatic heterocycles. The van der Waals surface area contributed by atoms with Gasteiger partial charge in [-0.2, -0.15) is 0 Å². The molecule has 4 nitrogen and oxygen atoms in total. The lowest BCUT2D eigenvalue weighted by Crippen LogP contribution is -2.34. The van der Waals surface area contributed by atoms with Gasteiger partial charge in [0.1, 0.15) is 0 Å². The Kier molecular flexibility index (Phi) is 6.13. The van der Waals surface area contributed by atoms with Crippen molar-refractivity contribution in [3.63, 3.8) is 0 Å². The van der Waals surface area contributed by atoms with Gasteiger partial charge in [0.15, 0.2) is 24.0 Å². The summed E-state index contributed by atoms with van der Waals surface area (Å²) in [5, 5.41) is 0. The van der Waals surface area contributed by atoms with E-state index in [0.717, 1.165) is 0 Å². The molecular formula is C14H17BrFNO3. The molecule has 0 atom stereocenters. The van der Waals surface area contributed by atoms with Crippen LogP contribution in [0.3, 0.4) is 0 Å². The number of carbonyl (C=O) groups is 2. The number of ether oxygens (including phenoxy) is 1. The first-order valence-electron chi connectivity index (χ1n) is 6.31. The van der Waals surface area contributed by atoms with Crippen LogP contribution in [-0.2, 0) is 4.79 Å². The Bertz CT molecular complexity index is 515. The molecule has 1 aromatic rings. The van der Waals surface area contributed by atoms with Crippen LogP contribution in [0.15, 0.2) is 16.6 Å². The van der Waals surface area contributed by atoms with Crippen LogP contribution >= 0.6 is 15.9 Å². The number of nitrogens with zero attached hydrogens (tertiary/aromatic N) is 1. The van der Waals surface area contributed by atoms with Gasteiger partial charge in [-0.1, -0.05) is 15.9 Å². The van der Waals surface area contributed by atoms with Gasteiger partial charge in [0.2, 0.25) is 0 Å². The fraction of sp³-hybridized carbons (Fsp3) is 0.429. The molecule has 0 aliphatic carbocycles. The van der Waals surface area contributed by atoms with E-state index in [0.29, 0.717) is 17.6 Å². The number of benzene rings is 1. The zero-order chi connectivity index (χ0) is 15.3. The second-order valence-corrected chi connectivity index (χ2v) is 5.09. The Morgan fingerprint density at radius 1 is 1.30 bits per heavy atom. The third kappa shape index (κ3) is 4.03. The zero-order valence-corrected chi connectivity index (χ0v) is 13.3. The Morgan fingerprint density at radius 2 is 1.90 bits per heavy atom. The lowest BCUT2D eigenvalue weighted by Gasteiger charge is -2.19. The van der Waals surface area contributed by atoms with E-state index in [-0.39, 0.29) is 29.6 Å². The molecule has 110 valence electrons. The number of halogens is 2. The van der Waals surface area contributed by atoms with Gasteiger partial charge in [-0.3, -0.25) is 9.59 Å². The molecule has 1 rings (SSSR count). The first-order valence-corrected chi connectivity index (χ1v) is 7.10. The minimum absolute atomic E-state index is 0.115. The predicted octanol–water partition coefficient (Wildman–Crippen LogP) is 3.04. The third-order valence-corrected chi connectivity index (χ3v) is 3.30. The van der Waals surface area contributed by atoms with Crippen molar-refractivity contribution in [3.8, 4) is 5.75 Å². The summed E-state index contributed by atoms with van der Waals surface area (Å²) in [7, 11) is 0. The van der Waals surface area contributed by atoms with Crippen molar-refractivity contribution < 1.29 is 18.7 Å². The molecule has 0 spiro atoms. The molecule has 0 saturated carbocycles. The standard InChI is InChI=1S/C14H17BrFNO3/c1-4-17(5-2)13(19)8-20-14-11(9(3)18)6-10(15)7-12(14)16/h6-7H,4-5,8H2,1-3H3. The maximum atomic E-state index is 13.9. The van der Waals surface area contributed by atoms with Gasteiger partial charge < -0.3 is 9.64 Å². The maximum absolute atomic E-state index is 13.9. The topological polar surface area (TPSA) is 46.6 Å². The van der Waals surface area contributed by atoms with Crippen LogP contribution in [0.1, 0.15) is 31.1 Å². The summed E-state index contributed by atoms with van der Waals surface area (Å²) < 4.78 is 19.5. The van der Waals surface area contributed by atoms with Gasteiger partial charge in [0.25, 0.3) is 5.91 Å². The number of hydrogen-bond acceptors (Lipinski definition) is 3. The van der Waals surface area contributed by atoms with Crippen LogP contribution in [0.2, 0.25) is 0 Å². The number of hydrogen-bond donors (Lipinski definition) is 0. The van der Waals surface area contributed by atoms with Crippen LogP contribution < -0.4 is 4.74 Å². The van der Waals surface area contributed by atoms with Gasteiger partial charge in [0, 0.05) is 17.6 Å². The molecule has 1 amide bonds. The second-order valence-electron chi connectivity index (χ2n) is 4.18. The lowest BCUT2D eigenvalue weighted by molar-refractivity contribution is -0.133. The van der Waals surface area contributed by atoms with E-state index < -0.39 is 5.82 Å². The average molecular weight is 346 g/mol. The Labute approximate surface area is 126 Å². The van der Waals surface area contributed by atoms with Gasteiger partial charge in [-0.25, -0.2) is 4.39 Å². The summed E-state index contributed by atoms with van der Waals surface area (Å²) >= 11 is 3.12. The number of amides is 1. The molecule has 0 aromatic heterocycles. The highest BCUT2D eigenvalue weighted by atomic mass is 79.9. The number of likely N-dealkylation sites (N-methyl/N-ethyl adjacent to an activating group) is 1. The molecule has 0 aliphatic rings. The molecule has 1 aromatic carbocycles. The minimum atomic E-state index is -0.670. The summed E-state index contributed by atoms with van der Waals surface area (Å²) in [6.07, 6.45) is 0. The zero-order valence-electron chi connectivity index (χ0n) is 11.7. The van der Waals surface area contributed by atoms with Crippen LogP contribution in [0, 0.1) is 5.82 Å². The number of ketones is 1. The molecule has 0 fully saturated rings. The Morgan fingerprint density at radius 3 is 2.40 bits per heavy atom. The van der Waals surface area contributed by atoms with Crippen molar-refractivity contribution >= 4 is 27.6 Å². The molecule has 0 radical (unpaired) electrons. The average Bonchev–Trinajstić information content (AvgIpc) is 2.38. The Hall–Kier alpha value is -1.43. The van der Waals surface area contributed by atoms with Crippen molar-refractivity contribution in [2.24, 2.45) is 0 Å². The van der Waals surface area contributed by atoms with Crippen molar-refractivity contribution in [1.82, 2.24) is 4.90 Å². The van der Waals surface area contributed by atoms with Crippen LogP contribution in [0.4, 0.5) is 4.39 Å². The van der Waals surface area contributed by atoms with E-state index in [4.69, 9.17) is 4.74 Å². The summed E-state index contributed by atoms with van der Waals surface area (Å²) in [5.74, 6) is -1.42. The summed E-state index contributed by atoms with van der Waals surface area (Å²) in [5.41, 5.74) is 0.115. The van der Waals surface area contributed by atoms with Gasteiger partial charge in [0.05, 0.1) is 5.56 Å². The maximum Gasteiger partial charge on any atom is 0.260 e. The van der Waals surface area contributed by atoms with Gasteiger partial charge >= 0.3 is 0 Å². The molecular weight excluding hydrogens is 329 g/mol. The van der Waals surface area contributed by atoms with Crippen molar-refractivity contribution in [2.75, 3.05) is 19.7 Å². The van der Waals surface area contributed by atoms with Crippen molar-refractivity contribution in [2.45, 2.75) is 20.8 Å². The first-order chi connectivity index (χ1) is 9.40. The monoisotopic (exact) mass is 345 g/mol. The van der Waals surface area contributed by atoms with E-state index in [1.165, 1.54) is 19.1 Å². The molecule has 0 N–H and O–H groups in total. The van der Waals surface area contributed by atoms with Gasteiger partial charge in [-0.05, 0) is 32.9 Å². The lowest BCUT2D eigenvalue weighted by atomic mass is 10.1. The molecule has 0 heterocycles. The van der Waals surface area contributed by atoms with E-state index in [9.17, 15) is 14.0 Å². The molecule has 0 saturated heterocycles. The largest absolute Gasteiger partial charge is 0.480 e. The molecule has 20 heavy (non-hydrogen) atoms. The smallest absolute Gasteiger partial charge is 0.260 e. The van der Waals surface area contributed by atoms with E-state index >= 15 is 0 Å². The normalized spacial score (nSPS) is 10.2. The minimum Gasteiger partial charge on any atom is -0.480 e. The Balaban J connectivity index is 2.93. The summed E-state index contributed by atoms with van der Waals surface area (Å²) in [4.78, 5) is 24.9. The van der Waals surface area contributed by atoms with Crippen LogP contribution in [0.5, 0.6) is 5.75 Å². The molecule has 6 heteroatoms. The predicted molar refractivity (Wildman–Crippen MR) is 77.5 cm³/mol. The van der Waals surface area contributed by atoms with Gasteiger partial charge in [-0.15, -0.1) is 0 Å². The summed E-state index contributed by atoms with van der Waals surface area (Å²) in [6, 6.07) is 2.67. The fourth-order valence-corrected chi connectivity index (χ4v) is 2.20. The first kappa shape index (κ1) is 16.6.